The fraction of sp³-hybridized carbons (Fsp3) is 0.250. The number of carbonyl (C=O) groups excluding carboxylic acids is 3. The molecule has 1 heterocycles. The molecule has 1 aliphatic heterocycles. The standard InChI is InChI=1S/C20H22N4O4/c1-12(25)22-11-19(26)24-8-7-13-9-14(3-6-18(13)24)20(27)23-17-10-15(28-2)4-5-16(17)21/h3-6,9-10H,7-8,11,21H2,1-2H3,(H,22,25)(H,23,27). The van der Waals surface area contributed by atoms with Crippen molar-refractivity contribution >= 4 is 34.8 Å². The highest BCUT2D eigenvalue weighted by Crippen LogP contribution is 2.30. The first-order valence-corrected chi connectivity index (χ1v) is 8.81. The molecule has 0 saturated heterocycles. The number of methoxy groups -OCH3 is 1. The first-order chi connectivity index (χ1) is 13.4. The Morgan fingerprint density at radius 1 is 1.18 bits per heavy atom. The number of benzene rings is 2. The summed E-state index contributed by atoms with van der Waals surface area (Å²) in [6.45, 7) is 1.83. The number of nitrogens with two attached hydrogens (primary N) is 1. The van der Waals surface area contributed by atoms with Gasteiger partial charge in [0.25, 0.3) is 5.91 Å². The molecule has 0 saturated carbocycles. The van der Waals surface area contributed by atoms with Crippen LogP contribution >= 0.6 is 0 Å². The van der Waals surface area contributed by atoms with Gasteiger partial charge in [0.1, 0.15) is 5.75 Å². The average Bonchev–Trinajstić information content (AvgIpc) is 3.11. The van der Waals surface area contributed by atoms with E-state index in [4.69, 9.17) is 10.5 Å². The Morgan fingerprint density at radius 2 is 1.96 bits per heavy atom. The van der Waals surface area contributed by atoms with Crippen molar-refractivity contribution in [1.29, 1.82) is 0 Å². The smallest absolute Gasteiger partial charge is 0.255 e. The molecule has 3 amide bonds. The highest BCUT2D eigenvalue weighted by Gasteiger charge is 2.25. The van der Waals surface area contributed by atoms with Crippen LogP contribution in [-0.2, 0) is 16.0 Å². The molecular weight excluding hydrogens is 360 g/mol. The van der Waals surface area contributed by atoms with Gasteiger partial charge in [-0.05, 0) is 42.3 Å². The Balaban J connectivity index is 1.74. The van der Waals surface area contributed by atoms with Crippen LogP contribution < -0.4 is 26.0 Å². The molecule has 2 aromatic carbocycles. The zero-order valence-corrected chi connectivity index (χ0v) is 15.7. The number of nitrogens with one attached hydrogen (secondary N) is 2. The van der Waals surface area contributed by atoms with Crippen molar-refractivity contribution in [2.24, 2.45) is 0 Å². The van der Waals surface area contributed by atoms with E-state index >= 15 is 0 Å². The van der Waals surface area contributed by atoms with E-state index in [1.807, 2.05) is 0 Å². The second-order valence-corrected chi connectivity index (χ2v) is 6.46. The largest absolute Gasteiger partial charge is 0.497 e. The van der Waals surface area contributed by atoms with Crippen LogP contribution in [0.3, 0.4) is 0 Å². The van der Waals surface area contributed by atoms with Gasteiger partial charge in [0.05, 0.1) is 25.0 Å². The van der Waals surface area contributed by atoms with Crippen LogP contribution in [0.2, 0.25) is 0 Å². The number of hydrogen-bond acceptors (Lipinski definition) is 5. The molecular formula is C20H22N4O4. The van der Waals surface area contributed by atoms with E-state index in [0.717, 1.165) is 11.3 Å². The van der Waals surface area contributed by atoms with Crippen molar-refractivity contribution in [3.63, 3.8) is 0 Å². The monoisotopic (exact) mass is 382 g/mol. The number of fused-ring (bicyclic) bond motifs is 1. The van der Waals surface area contributed by atoms with E-state index in [9.17, 15) is 14.4 Å². The minimum atomic E-state index is -0.300. The van der Waals surface area contributed by atoms with Gasteiger partial charge in [-0.3, -0.25) is 14.4 Å². The molecule has 3 rings (SSSR count). The van der Waals surface area contributed by atoms with E-state index in [1.54, 1.807) is 41.3 Å². The van der Waals surface area contributed by atoms with Crippen LogP contribution in [0.5, 0.6) is 5.75 Å². The summed E-state index contributed by atoms with van der Waals surface area (Å²) in [5, 5.41) is 5.30. The number of carbonyl (C=O) groups is 3. The summed E-state index contributed by atoms with van der Waals surface area (Å²) >= 11 is 0. The Labute approximate surface area is 162 Å². The minimum Gasteiger partial charge on any atom is -0.497 e. The normalized spacial score (nSPS) is 12.3. The summed E-state index contributed by atoms with van der Waals surface area (Å²) in [6.07, 6.45) is 0.642. The Hall–Kier alpha value is -3.55. The highest BCUT2D eigenvalue weighted by atomic mass is 16.5. The predicted molar refractivity (Wildman–Crippen MR) is 107 cm³/mol. The minimum absolute atomic E-state index is 0.0495. The molecule has 0 fully saturated rings. The van der Waals surface area contributed by atoms with Gasteiger partial charge in [-0.25, -0.2) is 0 Å². The molecule has 0 unspecified atom stereocenters. The molecule has 4 N–H and O–H groups in total. The van der Waals surface area contributed by atoms with Crippen molar-refractivity contribution in [2.45, 2.75) is 13.3 Å². The van der Waals surface area contributed by atoms with Gasteiger partial charge >= 0.3 is 0 Å². The number of nitrogens with zero attached hydrogens (tertiary/aromatic N) is 1. The van der Waals surface area contributed by atoms with E-state index in [1.165, 1.54) is 14.0 Å². The molecule has 8 heteroatoms. The van der Waals surface area contributed by atoms with Crippen molar-refractivity contribution in [3.05, 3.63) is 47.5 Å². The Morgan fingerprint density at radius 3 is 2.68 bits per heavy atom. The number of anilines is 3. The lowest BCUT2D eigenvalue weighted by atomic mass is 10.1. The predicted octanol–water partition coefficient (Wildman–Crippen LogP) is 1.55. The molecule has 0 aromatic heterocycles. The van der Waals surface area contributed by atoms with Crippen molar-refractivity contribution < 1.29 is 19.1 Å². The fourth-order valence-electron chi connectivity index (χ4n) is 3.06. The molecule has 28 heavy (non-hydrogen) atoms. The maximum Gasteiger partial charge on any atom is 0.255 e. The van der Waals surface area contributed by atoms with Crippen LogP contribution in [0.4, 0.5) is 17.1 Å². The van der Waals surface area contributed by atoms with Crippen molar-refractivity contribution in [1.82, 2.24) is 5.32 Å². The number of amides is 3. The molecule has 8 nitrogen and oxygen atoms in total. The molecule has 0 atom stereocenters. The van der Waals surface area contributed by atoms with E-state index in [0.29, 0.717) is 35.7 Å². The van der Waals surface area contributed by atoms with Crippen LogP contribution in [0.25, 0.3) is 0 Å². The highest BCUT2D eigenvalue weighted by molar-refractivity contribution is 6.07. The fourth-order valence-corrected chi connectivity index (χ4v) is 3.06. The summed E-state index contributed by atoms with van der Waals surface area (Å²) in [4.78, 5) is 37.5. The molecule has 0 radical (unpaired) electrons. The average molecular weight is 382 g/mol. The summed E-state index contributed by atoms with van der Waals surface area (Å²) in [5.74, 6) is -0.149. The first kappa shape index (κ1) is 19.2. The van der Waals surface area contributed by atoms with Crippen molar-refractivity contribution in [2.75, 3.05) is 36.1 Å². The lowest BCUT2D eigenvalue weighted by Gasteiger charge is -2.17. The van der Waals surface area contributed by atoms with Crippen LogP contribution in [0, 0.1) is 0 Å². The van der Waals surface area contributed by atoms with Crippen LogP contribution in [-0.4, -0.2) is 37.9 Å². The number of ether oxygens (including phenoxy) is 1. The van der Waals surface area contributed by atoms with Gasteiger partial charge in [-0.15, -0.1) is 0 Å². The van der Waals surface area contributed by atoms with Crippen molar-refractivity contribution in [3.8, 4) is 5.75 Å². The molecule has 0 bridgehead atoms. The summed E-state index contributed by atoms with van der Waals surface area (Å²) < 4.78 is 5.16. The second kappa shape index (κ2) is 7.99. The molecule has 0 spiro atoms. The molecule has 1 aliphatic rings. The third kappa shape index (κ3) is 4.06. The Kier molecular flexibility index (Phi) is 5.49. The zero-order valence-electron chi connectivity index (χ0n) is 15.7. The quantitative estimate of drug-likeness (QED) is 0.679. The van der Waals surface area contributed by atoms with Gasteiger partial charge in [0.15, 0.2) is 0 Å². The van der Waals surface area contributed by atoms with E-state index < -0.39 is 0 Å². The maximum atomic E-state index is 12.6. The zero-order chi connectivity index (χ0) is 20.3. The first-order valence-electron chi connectivity index (χ1n) is 8.81. The summed E-state index contributed by atoms with van der Waals surface area (Å²) in [5.41, 5.74) is 8.95. The molecule has 2 aromatic rings. The molecule has 0 aliphatic carbocycles. The number of rotatable bonds is 5. The lowest BCUT2D eigenvalue weighted by molar-refractivity contribution is -0.123. The van der Waals surface area contributed by atoms with Gasteiger partial charge in [0.2, 0.25) is 11.8 Å². The van der Waals surface area contributed by atoms with Gasteiger partial charge in [-0.2, -0.15) is 0 Å². The van der Waals surface area contributed by atoms with E-state index in [-0.39, 0.29) is 24.3 Å². The van der Waals surface area contributed by atoms with Crippen LogP contribution in [0.15, 0.2) is 36.4 Å². The SMILES string of the molecule is COc1ccc(N)c(NC(=O)c2ccc3c(c2)CCN3C(=O)CNC(C)=O)c1. The third-order valence-electron chi connectivity index (χ3n) is 4.54. The Bertz CT molecular complexity index is 942. The summed E-state index contributed by atoms with van der Waals surface area (Å²) in [7, 11) is 1.54. The third-order valence-corrected chi connectivity index (χ3v) is 4.54. The maximum absolute atomic E-state index is 12.6. The number of hydrogen-bond donors (Lipinski definition) is 3. The number of nitrogen functional groups attached to an aromatic ring is 1. The topological polar surface area (TPSA) is 114 Å². The van der Waals surface area contributed by atoms with Crippen LogP contribution in [0.1, 0.15) is 22.8 Å². The van der Waals surface area contributed by atoms with Gasteiger partial charge in [-0.1, -0.05) is 0 Å². The lowest BCUT2D eigenvalue weighted by Crippen LogP contribution is -2.38. The van der Waals surface area contributed by atoms with Gasteiger partial charge in [0, 0.05) is 30.8 Å². The van der Waals surface area contributed by atoms with Gasteiger partial charge < -0.3 is 26.0 Å². The summed E-state index contributed by atoms with van der Waals surface area (Å²) in [6, 6.07) is 10.2. The second-order valence-electron chi connectivity index (χ2n) is 6.46. The van der Waals surface area contributed by atoms with E-state index in [2.05, 4.69) is 10.6 Å². The molecule has 146 valence electrons.